The summed E-state index contributed by atoms with van der Waals surface area (Å²) in [6.07, 6.45) is 5.06. The van der Waals surface area contributed by atoms with Crippen LogP contribution in [0.25, 0.3) is 6.08 Å². The van der Waals surface area contributed by atoms with Crippen LogP contribution in [0, 0.1) is 20.8 Å². The van der Waals surface area contributed by atoms with Crippen molar-refractivity contribution < 1.29 is 19.1 Å². The molecule has 7 nitrogen and oxygen atoms in total. The summed E-state index contributed by atoms with van der Waals surface area (Å²) in [6, 6.07) is 9.30. The number of carbonyl (C=O) groups is 2. The van der Waals surface area contributed by atoms with Crippen LogP contribution in [0.3, 0.4) is 0 Å². The standard InChI is InChI=1S/C27H29Cl2N3O4/c1-17-13-23(19(3)31(17)15-21-8-6-12-35-21)25(33)16-36-26(34)11-10-22-18(2)30-32(27(22)29)14-20-7-4-5-9-24(20)28/h4-5,7,9-11,13,21H,6,8,12,14-16H2,1-3H3/b11-10+/t21-/m1/s1. The van der Waals surface area contributed by atoms with Crippen LogP contribution in [-0.4, -0.2) is 45.4 Å². The molecule has 0 unspecified atom stereocenters. The van der Waals surface area contributed by atoms with Gasteiger partial charge in [-0.2, -0.15) is 5.10 Å². The summed E-state index contributed by atoms with van der Waals surface area (Å²) in [7, 11) is 0. The number of esters is 1. The number of ether oxygens (including phenoxy) is 2. The number of rotatable bonds is 9. The van der Waals surface area contributed by atoms with E-state index in [1.165, 1.54) is 6.08 Å². The van der Waals surface area contributed by atoms with E-state index in [0.29, 0.717) is 33.5 Å². The summed E-state index contributed by atoms with van der Waals surface area (Å²) in [4.78, 5) is 25.1. The van der Waals surface area contributed by atoms with Crippen LogP contribution in [0.1, 0.15) is 51.4 Å². The molecule has 1 atom stereocenters. The van der Waals surface area contributed by atoms with Crippen molar-refractivity contribution in [2.45, 2.75) is 52.8 Å². The van der Waals surface area contributed by atoms with E-state index in [4.69, 9.17) is 32.7 Å². The number of hydrogen-bond acceptors (Lipinski definition) is 5. The molecule has 3 aromatic rings. The summed E-state index contributed by atoms with van der Waals surface area (Å²) < 4.78 is 14.7. The SMILES string of the molecule is Cc1nn(Cc2ccccc2Cl)c(Cl)c1/C=C/C(=O)OCC(=O)c1cc(C)n(C[C@H]2CCCO2)c1C. The fraction of sp³-hybridized carbons (Fsp3) is 0.370. The monoisotopic (exact) mass is 529 g/mol. The second-order valence-corrected chi connectivity index (χ2v) is 9.70. The van der Waals surface area contributed by atoms with Crippen molar-refractivity contribution >= 4 is 41.0 Å². The highest BCUT2D eigenvalue weighted by Crippen LogP contribution is 2.25. The number of aromatic nitrogens is 3. The molecule has 0 N–H and O–H groups in total. The van der Waals surface area contributed by atoms with Crippen LogP contribution in [0.4, 0.5) is 0 Å². The first-order valence-electron chi connectivity index (χ1n) is 11.9. The van der Waals surface area contributed by atoms with Crippen LogP contribution >= 0.6 is 23.2 Å². The Bertz CT molecular complexity index is 1300. The van der Waals surface area contributed by atoms with Gasteiger partial charge in [0.2, 0.25) is 5.78 Å². The van der Waals surface area contributed by atoms with Gasteiger partial charge >= 0.3 is 5.97 Å². The predicted molar refractivity (Wildman–Crippen MR) is 140 cm³/mol. The van der Waals surface area contributed by atoms with E-state index in [2.05, 4.69) is 9.67 Å². The van der Waals surface area contributed by atoms with Gasteiger partial charge in [-0.1, -0.05) is 41.4 Å². The number of aryl methyl sites for hydroxylation is 2. The summed E-state index contributed by atoms with van der Waals surface area (Å²) >= 11 is 12.8. The van der Waals surface area contributed by atoms with Gasteiger partial charge in [-0.15, -0.1) is 0 Å². The summed E-state index contributed by atoms with van der Waals surface area (Å²) in [5.74, 6) is -0.879. The highest BCUT2D eigenvalue weighted by Gasteiger charge is 2.21. The van der Waals surface area contributed by atoms with E-state index in [1.807, 2.05) is 38.1 Å². The number of nitrogens with zero attached hydrogens (tertiary/aromatic N) is 3. The van der Waals surface area contributed by atoms with Crippen molar-refractivity contribution in [1.29, 1.82) is 0 Å². The van der Waals surface area contributed by atoms with Gasteiger partial charge in [0.15, 0.2) is 6.61 Å². The minimum absolute atomic E-state index is 0.171. The van der Waals surface area contributed by atoms with E-state index in [9.17, 15) is 9.59 Å². The van der Waals surface area contributed by atoms with E-state index < -0.39 is 5.97 Å². The lowest BCUT2D eigenvalue weighted by molar-refractivity contribution is -0.136. The van der Waals surface area contributed by atoms with Crippen molar-refractivity contribution in [1.82, 2.24) is 14.3 Å². The minimum Gasteiger partial charge on any atom is -0.454 e. The summed E-state index contributed by atoms with van der Waals surface area (Å²) in [6.45, 7) is 7.23. The van der Waals surface area contributed by atoms with Crippen molar-refractivity contribution in [2.24, 2.45) is 0 Å². The molecule has 1 aliphatic heterocycles. The third kappa shape index (κ3) is 5.91. The van der Waals surface area contributed by atoms with Gasteiger partial charge in [0.1, 0.15) is 5.15 Å². The number of hydrogen-bond donors (Lipinski definition) is 0. The molecule has 0 aliphatic carbocycles. The smallest absolute Gasteiger partial charge is 0.331 e. The maximum atomic E-state index is 12.8. The normalized spacial score (nSPS) is 15.6. The number of Topliss-reactive ketones (excluding diaryl/α,β-unsaturated/α-hetero) is 1. The van der Waals surface area contributed by atoms with Crippen molar-refractivity contribution in [2.75, 3.05) is 13.2 Å². The highest BCUT2D eigenvalue weighted by molar-refractivity contribution is 6.32. The van der Waals surface area contributed by atoms with Crippen LogP contribution in [0.5, 0.6) is 0 Å². The Hall–Kier alpha value is -2.87. The lowest BCUT2D eigenvalue weighted by Crippen LogP contribution is -2.18. The molecule has 1 saturated heterocycles. The highest BCUT2D eigenvalue weighted by atomic mass is 35.5. The zero-order valence-corrected chi connectivity index (χ0v) is 22.1. The van der Waals surface area contributed by atoms with E-state index in [1.54, 1.807) is 23.7 Å². The summed E-state index contributed by atoms with van der Waals surface area (Å²) in [5, 5.41) is 5.46. The zero-order valence-electron chi connectivity index (χ0n) is 20.6. The number of halogens is 2. The molecule has 3 heterocycles. The Morgan fingerprint density at radius 1 is 1.22 bits per heavy atom. The number of ketones is 1. The first-order chi connectivity index (χ1) is 17.2. The Morgan fingerprint density at radius 2 is 2.00 bits per heavy atom. The molecule has 0 saturated carbocycles. The zero-order chi connectivity index (χ0) is 25.8. The molecule has 1 aromatic carbocycles. The average molecular weight is 530 g/mol. The Morgan fingerprint density at radius 3 is 2.72 bits per heavy atom. The van der Waals surface area contributed by atoms with Gasteiger partial charge < -0.3 is 14.0 Å². The molecule has 1 fully saturated rings. The molecular weight excluding hydrogens is 501 g/mol. The van der Waals surface area contributed by atoms with Gasteiger partial charge in [0, 0.05) is 46.8 Å². The second-order valence-electron chi connectivity index (χ2n) is 8.93. The summed E-state index contributed by atoms with van der Waals surface area (Å²) in [5.41, 5.74) is 4.54. The third-order valence-corrected chi connectivity index (χ3v) is 7.17. The molecule has 0 bridgehead atoms. The first kappa shape index (κ1) is 26.2. The molecule has 36 heavy (non-hydrogen) atoms. The average Bonchev–Trinajstić information content (AvgIpc) is 3.53. The van der Waals surface area contributed by atoms with E-state index >= 15 is 0 Å². The molecule has 4 rings (SSSR count). The van der Waals surface area contributed by atoms with Gasteiger partial charge in [-0.3, -0.25) is 4.79 Å². The maximum absolute atomic E-state index is 12.8. The van der Waals surface area contributed by atoms with Crippen LogP contribution in [0.2, 0.25) is 10.2 Å². The van der Waals surface area contributed by atoms with Crippen molar-refractivity contribution in [3.8, 4) is 0 Å². The van der Waals surface area contributed by atoms with Gasteiger partial charge in [-0.25, -0.2) is 9.48 Å². The fourth-order valence-electron chi connectivity index (χ4n) is 4.42. The van der Waals surface area contributed by atoms with Crippen LogP contribution < -0.4 is 0 Å². The number of benzene rings is 1. The Labute approximate surface area is 220 Å². The molecular formula is C27H29Cl2N3O4. The molecule has 0 radical (unpaired) electrons. The lowest BCUT2D eigenvalue weighted by Gasteiger charge is -2.14. The minimum atomic E-state index is -0.633. The van der Waals surface area contributed by atoms with E-state index in [0.717, 1.165) is 42.9 Å². The molecule has 0 spiro atoms. The van der Waals surface area contributed by atoms with Crippen molar-refractivity contribution in [3.05, 3.63) is 80.4 Å². The van der Waals surface area contributed by atoms with Crippen LogP contribution in [-0.2, 0) is 27.4 Å². The molecule has 9 heteroatoms. The number of carbonyl (C=O) groups excluding carboxylic acids is 2. The maximum Gasteiger partial charge on any atom is 0.331 e. The Balaban J connectivity index is 1.36. The van der Waals surface area contributed by atoms with Gasteiger partial charge in [-0.05, 0) is 57.4 Å². The first-order valence-corrected chi connectivity index (χ1v) is 12.6. The predicted octanol–water partition coefficient (Wildman–Crippen LogP) is 5.58. The van der Waals surface area contributed by atoms with Crippen molar-refractivity contribution in [3.63, 3.8) is 0 Å². The third-order valence-electron chi connectivity index (χ3n) is 6.40. The topological polar surface area (TPSA) is 75.4 Å². The van der Waals surface area contributed by atoms with E-state index in [-0.39, 0.29) is 18.5 Å². The lowest BCUT2D eigenvalue weighted by atomic mass is 10.1. The largest absolute Gasteiger partial charge is 0.454 e. The van der Waals surface area contributed by atoms with Gasteiger partial charge in [0.05, 0.1) is 18.3 Å². The fourth-order valence-corrected chi connectivity index (χ4v) is 4.91. The molecule has 2 aromatic heterocycles. The molecule has 190 valence electrons. The quantitative estimate of drug-likeness (QED) is 0.205. The molecule has 0 amide bonds. The second kappa shape index (κ2) is 11.5. The van der Waals surface area contributed by atoms with Crippen LogP contribution in [0.15, 0.2) is 36.4 Å². The van der Waals surface area contributed by atoms with Gasteiger partial charge in [0.25, 0.3) is 0 Å². The Kier molecular flexibility index (Phi) is 8.34. The molecule has 1 aliphatic rings.